The van der Waals surface area contributed by atoms with Crippen LogP contribution in [-0.2, 0) is 26.2 Å². The summed E-state index contributed by atoms with van der Waals surface area (Å²) in [6, 6.07) is 43.5. The fourth-order valence-corrected chi connectivity index (χ4v) is 7.39. The molecule has 0 aliphatic heterocycles. The van der Waals surface area contributed by atoms with E-state index in [1.807, 2.05) is 19.9 Å². The van der Waals surface area contributed by atoms with Crippen molar-refractivity contribution in [2.24, 2.45) is 0 Å². The van der Waals surface area contributed by atoms with E-state index in [-0.39, 0.29) is 26.2 Å². The van der Waals surface area contributed by atoms with Crippen LogP contribution in [-0.4, -0.2) is 24.2 Å². The zero-order valence-corrected chi connectivity index (χ0v) is 34.7. The van der Waals surface area contributed by atoms with E-state index < -0.39 is 14.2 Å². The van der Waals surface area contributed by atoms with Gasteiger partial charge in [-0.1, -0.05) is 211 Å². The average Bonchev–Trinajstić information content (AvgIpc) is 3.92. The van der Waals surface area contributed by atoms with Crippen LogP contribution in [0.4, 0.5) is 0 Å². The van der Waals surface area contributed by atoms with Gasteiger partial charge in [-0.25, -0.2) is 6.08 Å². The van der Waals surface area contributed by atoms with Crippen LogP contribution in [0.1, 0.15) is 81.3 Å². The largest absolute Gasteiger partial charge is 2.00 e. The van der Waals surface area contributed by atoms with Crippen molar-refractivity contribution in [3.05, 3.63) is 150 Å². The molecule has 0 bridgehead atoms. The molecule has 0 saturated heterocycles. The molecule has 2 aliphatic rings. The van der Waals surface area contributed by atoms with E-state index in [0.29, 0.717) is 0 Å². The van der Waals surface area contributed by atoms with Crippen molar-refractivity contribution in [2.45, 2.75) is 97.7 Å². The zero-order chi connectivity index (χ0) is 34.8. The number of aryl methyl sites for hydroxylation is 2. The maximum absolute atomic E-state index is 4.42. The van der Waals surface area contributed by atoms with Crippen molar-refractivity contribution in [1.82, 2.24) is 9.97 Å². The Balaban J connectivity index is 0.000000225. The van der Waals surface area contributed by atoms with Gasteiger partial charge in [-0.3, -0.25) is 10.7 Å². The molecule has 0 radical (unpaired) electrons. The Labute approximate surface area is 324 Å². The summed E-state index contributed by atoms with van der Waals surface area (Å²) in [7, 11) is -1.24. The van der Waals surface area contributed by atoms with Crippen molar-refractivity contribution in [2.75, 3.05) is 0 Å². The molecule has 50 heavy (non-hydrogen) atoms. The Bertz CT molecular complexity index is 1460. The maximum atomic E-state index is 4.42. The molecule has 258 valence electrons. The van der Waals surface area contributed by atoms with E-state index in [1.54, 1.807) is 6.20 Å². The minimum absolute atomic E-state index is 0. The topological polar surface area (TPSA) is 25.8 Å². The molecule has 2 nitrogen and oxygen atoms in total. The third kappa shape index (κ3) is 12.9. The number of hydrogen-bond acceptors (Lipinski definition) is 2. The molecule has 1 heterocycles. The van der Waals surface area contributed by atoms with Gasteiger partial charge in [0.25, 0.3) is 0 Å². The smallest absolute Gasteiger partial charge is 0.345 e. The van der Waals surface area contributed by atoms with Crippen LogP contribution in [0.15, 0.2) is 128 Å². The molecular weight excluding hydrogens is 699 g/mol. The molecule has 0 spiro atoms. The first-order valence-electron chi connectivity index (χ1n) is 18.6. The van der Waals surface area contributed by atoms with Gasteiger partial charge in [0.05, 0.1) is 5.69 Å². The van der Waals surface area contributed by atoms with Gasteiger partial charge in [0, 0.05) is 5.69 Å². The van der Waals surface area contributed by atoms with Gasteiger partial charge in [0.1, 0.15) is 6.15 Å². The van der Waals surface area contributed by atoms with Gasteiger partial charge in [0.15, 0.2) is 0 Å². The average molecular weight is 756 g/mol. The zero-order valence-electron chi connectivity index (χ0n) is 31.2. The summed E-state index contributed by atoms with van der Waals surface area (Å²) in [5.74, 6) is 0. The molecule has 0 N–H and O–H groups in total. The first kappa shape index (κ1) is 41.3. The van der Waals surface area contributed by atoms with Gasteiger partial charge < -0.3 is 4.98 Å². The van der Waals surface area contributed by atoms with Crippen molar-refractivity contribution < 1.29 is 26.2 Å². The molecule has 2 saturated carbocycles. The van der Waals surface area contributed by atoms with Gasteiger partial charge in [-0.15, -0.1) is 0 Å². The summed E-state index contributed by atoms with van der Waals surface area (Å²) in [6.45, 7) is 10.7. The standard InChI is InChI=1S/C24H20B.C11H17N2Si.2C5H10.Zr/c1-5-13-21(14-6-1)25(22-15-7-2-8-16-22,23-17-9-3-10-18-23)24-19-11-4-12-20-24;1-9-10(2)13-11(8-12-9)6-7-14(3,4)5;2*1-2-4-5-3-1;/h1-20H;6,8H,1-5H3;2*1-5H2;/q2*-1;;;+2. The Hall–Kier alpha value is -3.14. The van der Waals surface area contributed by atoms with Gasteiger partial charge in [-0.2, -0.15) is 21.9 Å². The Morgan fingerprint density at radius 1 is 0.500 bits per heavy atom. The van der Waals surface area contributed by atoms with Crippen LogP contribution in [0.2, 0.25) is 19.6 Å². The minimum atomic E-state index is -1.24. The van der Waals surface area contributed by atoms with Crippen molar-refractivity contribution in [3.63, 3.8) is 0 Å². The molecule has 4 aromatic carbocycles. The van der Waals surface area contributed by atoms with Crippen LogP contribution in [0.5, 0.6) is 0 Å². The number of aromatic nitrogens is 2. The van der Waals surface area contributed by atoms with Crippen LogP contribution >= 0.6 is 0 Å². The predicted octanol–water partition coefficient (Wildman–Crippen LogP) is 9.75. The second-order valence-electron chi connectivity index (χ2n) is 14.5. The quantitative estimate of drug-likeness (QED) is 0.128. The summed E-state index contributed by atoms with van der Waals surface area (Å²) in [6.07, 6.45) is 17.5. The molecule has 2 aliphatic carbocycles. The Morgan fingerprint density at radius 2 is 0.800 bits per heavy atom. The fourth-order valence-electron chi connectivity index (χ4n) is 6.81. The molecule has 0 unspecified atom stereocenters. The van der Waals surface area contributed by atoms with Gasteiger partial charge in [0.2, 0.25) is 0 Å². The molecule has 5 aromatic rings. The van der Waals surface area contributed by atoms with E-state index in [4.69, 9.17) is 0 Å². The van der Waals surface area contributed by atoms with Crippen molar-refractivity contribution in [1.29, 1.82) is 0 Å². The number of nitrogens with zero attached hydrogens (tertiary/aromatic N) is 2. The van der Waals surface area contributed by atoms with E-state index in [9.17, 15) is 0 Å². The molecule has 7 rings (SSSR count). The summed E-state index contributed by atoms with van der Waals surface area (Å²) in [5.41, 5.74) is 11.7. The Morgan fingerprint density at radius 3 is 1.06 bits per heavy atom. The summed E-state index contributed by atoms with van der Waals surface area (Å²) in [5, 5.41) is 0. The second-order valence-corrected chi connectivity index (χ2v) is 19.3. The first-order chi connectivity index (χ1) is 23.8. The number of rotatable bonds is 6. The van der Waals surface area contributed by atoms with Crippen LogP contribution < -0.4 is 21.9 Å². The molecule has 1 aromatic heterocycles. The predicted molar refractivity (Wildman–Crippen MR) is 219 cm³/mol. The van der Waals surface area contributed by atoms with Crippen molar-refractivity contribution >= 4 is 42.1 Å². The van der Waals surface area contributed by atoms with E-state index in [0.717, 1.165) is 17.1 Å². The van der Waals surface area contributed by atoms with Crippen LogP contribution in [0.3, 0.4) is 0 Å². The van der Waals surface area contributed by atoms with Crippen molar-refractivity contribution in [3.8, 4) is 0 Å². The molecular formula is C45H57BN2SiZr. The first-order valence-corrected chi connectivity index (χ1v) is 22.1. The molecule has 0 amide bonds. The minimum Gasteiger partial charge on any atom is -0.345 e. The third-order valence-electron chi connectivity index (χ3n) is 9.56. The second kappa shape index (κ2) is 21.9. The van der Waals surface area contributed by atoms with E-state index >= 15 is 0 Å². The molecule has 5 heteroatoms. The van der Waals surface area contributed by atoms with Gasteiger partial charge in [-0.05, 0) is 28.1 Å². The molecule has 2 fully saturated rings. The monoisotopic (exact) mass is 754 g/mol. The normalized spacial score (nSPS) is 13.9. The number of benzene rings is 4. The SMILES string of the molecule is C1CCCC1.C1CCCC1.Cc1ncc(C=[C-][Si](C)(C)C)nc1C.[Zr+2].c1ccc([B-](c2ccccc2)(c2ccccc2)c2ccccc2)cc1. The Kier molecular flexibility index (Phi) is 18.1. The maximum Gasteiger partial charge on any atom is 2.00 e. The summed E-state index contributed by atoms with van der Waals surface area (Å²) < 4.78 is 0. The molecule has 0 atom stereocenters. The van der Waals surface area contributed by atoms with Crippen LogP contribution in [0, 0.1) is 19.5 Å². The summed E-state index contributed by atoms with van der Waals surface area (Å²) >= 11 is 0. The van der Waals surface area contributed by atoms with E-state index in [2.05, 4.69) is 157 Å². The third-order valence-corrected chi connectivity index (χ3v) is 10.6. The number of hydrogen-bond donors (Lipinski definition) is 0. The fraction of sp³-hybridized carbons (Fsp3) is 0.333. The van der Waals surface area contributed by atoms with E-state index in [1.165, 1.54) is 86.1 Å². The summed E-state index contributed by atoms with van der Waals surface area (Å²) in [4.78, 5) is 8.68. The van der Waals surface area contributed by atoms with Gasteiger partial charge >= 0.3 is 26.2 Å². The van der Waals surface area contributed by atoms with Crippen LogP contribution in [0.25, 0.3) is 6.08 Å².